The standard InChI is InChI=1S/C12H10O/c13-12-6-5-8-3-1-2-4-9(8)10-7-11(10)12/h1-6,10-11H,7H2. The Balaban J connectivity index is 2.17. The summed E-state index contributed by atoms with van der Waals surface area (Å²) < 4.78 is 0. The Morgan fingerprint density at radius 3 is 2.85 bits per heavy atom. The first kappa shape index (κ1) is 7.07. The second-order valence-corrected chi connectivity index (χ2v) is 3.81. The van der Waals surface area contributed by atoms with Crippen molar-refractivity contribution in [1.29, 1.82) is 0 Å². The Kier molecular flexibility index (Phi) is 1.26. The first-order valence-corrected chi connectivity index (χ1v) is 4.67. The molecule has 0 heterocycles. The Morgan fingerprint density at radius 1 is 1.08 bits per heavy atom. The fraction of sp³-hybridized carbons (Fsp3) is 0.250. The van der Waals surface area contributed by atoms with Gasteiger partial charge in [-0.25, -0.2) is 0 Å². The fourth-order valence-electron chi connectivity index (χ4n) is 2.15. The maximum absolute atomic E-state index is 11.4. The van der Waals surface area contributed by atoms with Crippen LogP contribution in [0.3, 0.4) is 0 Å². The minimum atomic E-state index is 0.292. The molecule has 0 radical (unpaired) electrons. The van der Waals surface area contributed by atoms with Gasteiger partial charge in [-0.1, -0.05) is 30.3 Å². The SMILES string of the molecule is O=C1C=Cc2ccccc2C2CC12. The average molecular weight is 170 g/mol. The molecule has 13 heavy (non-hydrogen) atoms. The molecule has 2 aliphatic carbocycles. The van der Waals surface area contributed by atoms with Crippen molar-refractivity contribution in [3.8, 4) is 0 Å². The highest BCUT2D eigenvalue weighted by Gasteiger charge is 2.44. The van der Waals surface area contributed by atoms with Crippen LogP contribution in [0.25, 0.3) is 6.08 Å². The first-order chi connectivity index (χ1) is 6.36. The van der Waals surface area contributed by atoms with E-state index in [0.29, 0.717) is 17.6 Å². The normalized spacial score (nSPS) is 29.1. The predicted octanol–water partition coefficient (Wildman–Crippen LogP) is 2.39. The monoisotopic (exact) mass is 170 g/mol. The van der Waals surface area contributed by atoms with Gasteiger partial charge in [0.1, 0.15) is 0 Å². The molecule has 0 saturated heterocycles. The third-order valence-electron chi connectivity index (χ3n) is 2.98. The molecule has 1 aromatic rings. The van der Waals surface area contributed by atoms with Gasteiger partial charge in [0.05, 0.1) is 0 Å². The highest BCUT2D eigenvalue weighted by Crippen LogP contribution is 2.50. The van der Waals surface area contributed by atoms with E-state index in [1.54, 1.807) is 6.08 Å². The van der Waals surface area contributed by atoms with Crippen molar-refractivity contribution in [1.82, 2.24) is 0 Å². The van der Waals surface area contributed by atoms with Crippen LogP contribution in [0.15, 0.2) is 30.3 Å². The molecule has 1 nitrogen and oxygen atoms in total. The molecule has 0 bridgehead atoms. The van der Waals surface area contributed by atoms with Crippen LogP contribution < -0.4 is 0 Å². The highest BCUT2D eigenvalue weighted by molar-refractivity contribution is 5.99. The number of hydrogen-bond donors (Lipinski definition) is 0. The van der Waals surface area contributed by atoms with E-state index >= 15 is 0 Å². The zero-order chi connectivity index (χ0) is 8.84. The number of fused-ring (bicyclic) bond motifs is 3. The Morgan fingerprint density at radius 2 is 1.92 bits per heavy atom. The molecule has 64 valence electrons. The van der Waals surface area contributed by atoms with E-state index in [0.717, 1.165) is 6.42 Å². The molecule has 2 unspecified atom stereocenters. The van der Waals surface area contributed by atoms with Gasteiger partial charge in [0, 0.05) is 5.92 Å². The first-order valence-electron chi connectivity index (χ1n) is 4.67. The summed E-state index contributed by atoms with van der Waals surface area (Å²) in [7, 11) is 0. The molecule has 3 rings (SSSR count). The number of hydrogen-bond acceptors (Lipinski definition) is 1. The molecule has 0 aliphatic heterocycles. The van der Waals surface area contributed by atoms with Crippen molar-refractivity contribution in [3.63, 3.8) is 0 Å². The smallest absolute Gasteiger partial charge is 0.159 e. The molecule has 2 aliphatic rings. The number of rotatable bonds is 0. The van der Waals surface area contributed by atoms with Crippen molar-refractivity contribution < 1.29 is 4.79 Å². The summed E-state index contributed by atoms with van der Waals surface area (Å²) in [4.78, 5) is 11.4. The molecule has 2 atom stereocenters. The topological polar surface area (TPSA) is 17.1 Å². The number of allylic oxidation sites excluding steroid dienone is 1. The van der Waals surface area contributed by atoms with Crippen LogP contribution in [-0.2, 0) is 4.79 Å². The molecular formula is C12H10O. The lowest BCUT2D eigenvalue weighted by Crippen LogP contribution is -1.94. The zero-order valence-corrected chi connectivity index (χ0v) is 7.23. The summed E-state index contributed by atoms with van der Waals surface area (Å²) >= 11 is 0. The van der Waals surface area contributed by atoms with Crippen LogP contribution in [0.4, 0.5) is 0 Å². The van der Waals surface area contributed by atoms with E-state index in [2.05, 4.69) is 18.2 Å². The lowest BCUT2D eigenvalue weighted by atomic mass is 10.0. The molecule has 1 fully saturated rings. The Hall–Kier alpha value is -1.37. The Bertz CT molecular complexity index is 403. The van der Waals surface area contributed by atoms with Crippen LogP contribution in [0.1, 0.15) is 23.5 Å². The average Bonchev–Trinajstić information content (AvgIpc) is 2.93. The summed E-state index contributed by atoms with van der Waals surface area (Å²) in [6.45, 7) is 0. The summed E-state index contributed by atoms with van der Waals surface area (Å²) in [5.41, 5.74) is 2.58. The summed E-state index contributed by atoms with van der Waals surface area (Å²) in [6, 6.07) is 8.30. The molecule has 1 heteroatoms. The van der Waals surface area contributed by atoms with Gasteiger partial charge in [0.2, 0.25) is 0 Å². The minimum absolute atomic E-state index is 0.292. The Labute approximate surface area is 77.1 Å². The van der Waals surface area contributed by atoms with E-state index in [4.69, 9.17) is 0 Å². The van der Waals surface area contributed by atoms with Crippen molar-refractivity contribution in [3.05, 3.63) is 41.5 Å². The van der Waals surface area contributed by atoms with Gasteiger partial charge in [-0.3, -0.25) is 4.79 Å². The van der Waals surface area contributed by atoms with E-state index in [1.165, 1.54) is 11.1 Å². The van der Waals surface area contributed by atoms with Crippen LogP contribution in [0, 0.1) is 5.92 Å². The molecular weight excluding hydrogens is 160 g/mol. The second-order valence-electron chi connectivity index (χ2n) is 3.81. The van der Waals surface area contributed by atoms with Gasteiger partial charge < -0.3 is 0 Å². The number of carbonyl (C=O) groups is 1. The maximum Gasteiger partial charge on any atom is 0.159 e. The molecule has 1 saturated carbocycles. The van der Waals surface area contributed by atoms with E-state index in [1.807, 2.05) is 12.1 Å². The zero-order valence-electron chi connectivity index (χ0n) is 7.23. The fourth-order valence-corrected chi connectivity index (χ4v) is 2.15. The van der Waals surface area contributed by atoms with Crippen molar-refractivity contribution in [2.75, 3.05) is 0 Å². The van der Waals surface area contributed by atoms with E-state index in [9.17, 15) is 4.79 Å². The molecule has 1 aromatic carbocycles. The number of carbonyl (C=O) groups excluding carboxylic acids is 1. The molecule has 0 N–H and O–H groups in total. The summed E-state index contributed by atoms with van der Waals surface area (Å²) in [5, 5.41) is 0. The van der Waals surface area contributed by atoms with Crippen LogP contribution >= 0.6 is 0 Å². The highest BCUT2D eigenvalue weighted by atomic mass is 16.1. The number of benzene rings is 1. The summed E-state index contributed by atoms with van der Waals surface area (Å²) in [5.74, 6) is 1.11. The van der Waals surface area contributed by atoms with Gasteiger partial charge in [-0.2, -0.15) is 0 Å². The third kappa shape index (κ3) is 0.966. The molecule has 0 spiro atoms. The predicted molar refractivity (Wildman–Crippen MR) is 51.3 cm³/mol. The van der Waals surface area contributed by atoms with E-state index in [-0.39, 0.29) is 0 Å². The van der Waals surface area contributed by atoms with Crippen molar-refractivity contribution >= 4 is 11.9 Å². The lowest BCUT2D eigenvalue weighted by Gasteiger charge is -2.01. The van der Waals surface area contributed by atoms with E-state index < -0.39 is 0 Å². The van der Waals surface area contributed by atoms with Gasteiger partial charge >= 0.3 is 0 Å². The summed E-state index contributed by atoms with van der Waals surface area (Å²) in [6.07, 6.45) is 4.74. The van der Waals surface area contributed by atoms with Gasteiger partial charge in [-0.05, 0) is 29.5 Å². The van der Waals surface area contributed by atoms with Crippen LogP contribution in [0.5, 0.6) is 0 Å². The van der Waals surface area contributed by atoms with Crippen LogP contribution in [-0.4, -0.2) is 5.78 Å². The largest absolute Gasteiger partial charge is 0.295 e. The van der Waals surface area contributed by atoms with Gasteiger partial charge in [0.25, 0.3) is 0 Å². The minimum Gasteiger partial charge on any atom is -0.295 e. The van der Waals surface area contributed by atoms with Gasteiger partial charge in [0.15, 0.2) is 5.78 Å². The quantitative estimate of drug-likeness (QED) is 0.584. The van der Waals surface area contributed by atoms with Crippen molar-refractivity contribution in [2.24, 2.45) is 5.92 Å². The van der Waals surface area contributed by atoms with Crippen LogP contribution in [0.2, 0.25) is 0 Å². The molecule has 0 amide bonds. The maximum atomic E-state index is 11.4. The molecule has 0 aromatic heterocycles. The van der Waals surface area contributed by atoms with Gasteiger partial charge in [-0.15, -0.1) is 0 Å². The lowest BCUT2D eigenvalue weighted by molar-refractivity contribution is -0.115. The van der Waals surface area contributed by atoms with Crippen molar-refractivity contribution in [2.45, 2.75) is 12.3 Å². The third-order valence-corrected chi connectivity index (χ3v) is 2.98. The second kappa shape index (κ2) is 2.32. The number of ketones is 1.